The highest BCUT2D eigenvalue weighted by Gasteiger charge is 2.17. The number of nitro benzene ring substituents is 1. The number of hydrogen-bond acceptors (Lipinski definition) is 8. The summed E-state index contributed by atoms with van der Waals surface area (Å²) in [5, 5.41) is 19.3. The number of nitrogens with zero attached hydrogens (tertiary/aromatic N) is 3. The minimum absolute atomic E-state index is 0.00448. The van der Waals surface area contributed by atoms with Gasteiger partial charge in [0.05, 0.1) is 23.3 Å². The topological polar surface area (TPSA) is 108 Å². The fourth-order valence-corrected chi connectivity index (χ4v) is 3.06. The molecule has 27 heavy (non-hydrogen) atoms. The van der Waals surface area contributed by atoms with Crippen LogP contribution in [0, 0.1) is 10.1 Å². The lowest BCUT2D eigenvalue weighted by Crippen LogP contribution is -2.03. The molecule has 0 atom stereocenters. The van der Waals surface area contributed by atoms with Gasteiger partial charge < -0.3 is 9.15 Å². The van der Waals surface area contributed by atoms with Gasteiger partial charge in [-0.2, -0.15) is 0 Å². The second-order valence-electron chi connectivity index (χ2n) is 5.24. The first-order valence-electron chi connectivity index (χ1n) is 7.56. The number of benzene rings is 2. The Morgan fingerprint density at radius 1 is 1.30 bits per heavy atom. The summed E-state index contributed by atoms with van der Waals surface area (Å²) in [6, 6.07) is 10.5. The molecule has 1 heterocycles. The maximum Gasteiger partial charge on any atom is 0.277 e. The molecule has 0 N–H and O–H groups in total. The number of methoxy groups -OCH3 is 1. The second-order valence-corrected chi connectivity index (χ2v) is 6.60. The van der Waals surface area contributed by atoms with Crippen LogP contribution in [0.25, 0.3) is 11.5 Å². The van der Waals surface area contributed by atoms with Gasteiger partial charge in [0.1, 0.15) is 5.75 Å². The van der Waals surface area contributed by atoms with Crippen LogP contribution in [0.1, 0.15) is 10.4 Å². The van der Waals surface area contributed by atoms with Crippen LogP contribution in [0.15, 0.2) is 52.1 Å². The maximum atomic E-state index is 12.2. The highest BCUT2D eigenvalue weighted by atomic mass is 35.5. The quantitative estimate of drug-likeness (QED) is 0.248. The molecule has 3 rings (SSSR count). The van der Waals surface area contributed by atoms with Gasteiger partial charge in [0.15, 0.2) is 5.78 Å². The minimum atomic E-state index is -0.549. The van der Waals surface area contributed by atoms with Crippen molar-refractivity contribution in [3.63, 3.8) is 0 Å². The van der Waals surface area contributed by atoms with E-state index in [9.17, 15) is 14.9 Å². The molecular weight excluding hydrogens is 394 g/mol. The number of carbonyl (C=O) groups excluding carboxylic acids is 1. The molecule has 138 valence electrons. The summed E-state index contributed by atoms with van der Waals surface area (Å²) in [5.41, 5.74) is 0.640. The van der Waals surface area contributed by atoms with Gasteiger partial charge >= 0.3 is 0 Å². The van der Waals surface area contributed by atoms with Crippen molar-refractivity contribution in [2.75, 3.05) is 12.9 Å². The summed E-state index contributed by atoms with van der Waals surface area (Å²) in [7, 11) is 1.51. The predicted molar refractivity (Wildman–Crippen MR) is 99.4 cm³/mol. The van der Waals surface area contributed by atoms with Crippen molar-refractivity contribution >= 4 is 34.8 Å². The van der Waals surface area contributed by atoms with Gasteiger partial charge in [-0.25, -0.2) is 0 Å². The Bertz CT molecular complexity index is 1010. The molecule has 0 fully saturated rings. The van der Waals surface area contributed by atoms with Crippen molar-refractivity contribution in [3.8, 4) is 17.2 Å². The number of ether oxygens (including phenoxy) is 1. The van der Waals surface area contributed by atoms with E-state index in [0.717, 1.165) is 11.8 Å². The third kappa shape index (κ3) is 4.44. The van der Waals surface area contributed by atoms with E-state index in [1.807, 2.05) is 0 Å². The Morgan fingerprint density at radius 3 is 2.85 bits per heavy atom. The van der Waals surface area contributed by atoms with E-state index in [2.05, 4.69) is 10.2 Å². The van der Waals surface area contributed by atoms with E-state index in [-0.39, 0.29) is 33.9 Å². The number of carbonyl (C=O) groups is 1. The van der Waals surface area contributed by atoms with Gasteiger partial charge in [-0.15, -0.1) is 10.2 Å². The molecule has 0 aliphatic heterocycles. The van der Waals surface area contributed by atoms with Gasteiger partial charge in [-0.05, 0) is 18.2 Å². The smallest absolute Gasteiger partial charge is 0.277 e. The average molecular weight is 406 g/mol. The SMILES string of the molecule is COc1ccc(Cl)cc1-c1nnc(SCC(=O)c2cccc([N+](=O)[O-])c2)o1. The van der Waals surface area contributed by atoms with Crippen LogP contribution in [0.4, 0.5) is 5.69 Å². The number of hydrogen-bond donors (Lipinski definition) is 0. The molecule has 0 bridgehead atoms. The van der Waals surface area contributed by atoms with Gasteiger partial charge in [-0.3, -0.25) is 14.9 Å². The van der Waals surface area contributed by atoms with Crippen LogP contribution in [0.3, 0.4) is 0 Å². The highest BCUT2D eigenvalue weighted by Crippen LogP contribution is 2.33. The number of ketones is 1. The van der Waals surface area contributed by atoms with E-state index in [0.29, 0.717) is 16.3 Å². The van der Waals surface area contributed by atoms with Crippen LogP contribution in [0.5, 0.6) is 5.75 Å². The molecule has 1 aromatic heterocycles. The van der Waals surface area contributed by atoms with Crippen molar-refractivity contribution in [2.45, 2.75) is 5.22 Å². The van der Waals surface area contributed by atoms with Crippen LogP contribution in [0.2, 0.25) is 5.02 Å². The lowest BCUT2D eigenvalue weighted by molar-refractivity contribution is -0.384. The first-order chi connectivity index (χ1) is 13.0. The average Bonchev–Trinajstić information content (AvgIpc) is 3.15. The Hall–Kier alpha value is -2.91. The third-order valence-corrected chi connectivity index (χ3v) is 4.56. The first kappa shape index (κ1) is 18.9. The van der Waals surface area contributed by atoms with Gasteiger partial charge in [0, 0.05) is 22.7 Å². The lowest BCUT2D eigenvalue weighted by atomic mass is 10.1. The standard InChI is InChI=1S/C17H12ClN3O5S/c1-25-15-6-5-11(18)8-13(15)16-19-20-17(26-16)27-9-14(22)10-3-2-4-12(7-10)21(23)24/h2-8H,9H2,1H3. The lowest BCUT2D eigenvalue weighted by Gasteiger charge is -2.04. The Balaban J connectivity index is 1.72. The first-order valence-corrected chi connectivity index (χ1v) is 8.92. The minimum Gasteiger partial charge on any atom is -0.496 e. The van der Waals surface area contributed by atoms with E-state index in [1.165, 1.54) is 31.4 Å². The molecule has 0 aliphatic rings. The number of halogens is 1. The van der Waals surface area contributed by atoms with Crippen molar-refractivity contribution < 1.29 is 18.9 Å². The summed E-state index contributed by atoms with van der Waals surface area (Å²) < 4.78 is 10.8. The molecule has 0 saturated heterocycles. The van der Waals surface area contributed by atoms with E-state index in [4.69, 9.17) is 20.8 Å². The normalized spacial score (nSPS) is 10.6. The molecule has 10 heteroatoms. The molecule has 0 unspecified atom stereocenters. The molecule has 0 radical (unpaired) electrons. The molecule has 0 aliphatic carbocycles. The molecule has 0 saturated carbocycles. The van der Waals surface area contributed by atoms with E-state index in [1.54, 1.807) is 18.2 Å². The summed E-state index contributed by atoms with van der Waals surface area (Å²) in [6.07, 6.45) is 0. The van der Waals surface area contributed by atoms with Gasteiger partial charge in [0.2, 0.25) is 0 Å². The van der Waals surface area contributed by atoms with Crippen molar-refractivity contribution in [1.29, 1.82) is 0 Å². The van der Waals surface area contributed by atoms with Crippen molar-refractivity contribution in [3.05, 3.63) is 63.2 Å². The number of aromatic nitrogens is 2. The summed E-state index contributed by atoms with van der Waals surface area (Å²) >= 11 is 7.03. The fourth-order valence-electron chi connectivity index (χ4n) is 2.23. The van der Waals surface area contributed by atoms with Gasteiger partial charge in [0.25, 0.3) is 16.8 Å². The zero-order valence-corrected chi connectivity index (χ0v) is 15.5. The molecule has 0 amide bonds. The van der Waals surface area contributed by atoms with E-state index >= 15 is 0 Å². The second kappa shape index (κ2) is 8.19. The molecule has 0 spiro atoms. The zero-order chi connectivity index (χ0) is 19.4. The molecule has 8 nitrogen and oxygen atoms in total. The number of rotatable bonds is 7. The number of thioether (sulfide) groups is 1. The van der Waals surface area contributed by atoms with E-state index < -0.39 is 4.92 Å². The number of Topliss-reactive ketones (excluding diaryl/α,β-unsaturated/α-hetero) is 1. The summed E-state index contributed by atoms with van der Waals surface area (Å²) in [4.78, 5) is 22.5. The fraction of sp³-hybridized carbons (Fsp3) is 0.118. The summed E-state index contributed by atoms with van der Waals surface area (Å²) in [6.45, 7) is 0. The van der Waals surface area contributed by atoms with Gasteiger partial charge in [-0.1, -0.05) is 35.5 Å². The largest absolute Gasteiger partial charge is 0.496 e. The summed E-state index contributed by atoms with van der Waals surface area (Å²) in [5.74, 6) is 0.436. The Kier molecular flexibility index (Phi) is 5.72. The Morgan fingerprint density at radius 2 is 2.11 bits per heavy atom. The molecule has 3 aromatic rings. The highest BCUT2D eigenvalue weighted by molar-refractivity contribution is 7.99. The monoisotopic (exact) mass is 405 g/mol. The third-order valence-electron chi connectivity index (χ3n) is 3.50. The molecular formula is C17H12ClN3O5S. The van der Waals surface area contributed by atoms with Crippen LogP contribution in [-0.2, 0) is 0 Å². The molecule has 2 aromatic carbocycles. The van der Waals surface area contributed by atoms with Crippen LogP contribution < -0.4 is 4.74 Å². The Labute approximate surface area is 162 Å². The van der Waals surface area contributed by atoms with Crippen LogP contribution in [-0.4, -0.2) is 33.8 Å². The van der Waals surface area contributed by atoms with Crippen molar-refractivity contribution in [2.24, 2.45) is 0 Å². The predicted octanol–water partition coefficient (Wildman–Crippen LogP) is 4.28. The maximum absolute atomic E-state index is 12.2. The van der Waals surface area contributed by atoms with Crippen LogP contribution >= 0.6 is 23.4 Å². The van der Waals surface area contributed by atoms with Crippen molar-refractivity contribution in [1.82, 2.24) is 10.2 Å². The number of non-ortho nitro benzene ring substituents is 1. The number of nitro groups is 1. The zero-order valence-electron chi connectivity index (χ0n) is 13.9.